The Kier molecular flexibility index (Phi) is 9.54. The van der Waals surface area contributed by atoms with E-state index in [0.717, 1.165) is 16.5 Å². The van der Waals surface area contributed by atoms with E-state index in [1.54, 1.807) is 24.4 Å². The first kappa shape index (κ1) is 29.5. The maximum absolute atomic E-state index is 12.5. The monoisotopic (exact) mass is 579 g/mol. The number of alkyl halides is 3. The van der Waals surface area contributed by atoms with Crippen LogP contribution in [-0.2, 0) is 9.59 Å². The largest absolute Gasteiger partial charge is 0.490 e. The lowest BCUT2D eigenvalue weighted by atomic mass is 10.1. The van der Waals surface area contributed by atoms with Gasteiger partial charge in [-0.05, 0) is 73.6 Å². The fourth-order valence-corrected chi connectivity index (χ4v) is 4.03. The molecule has 204 valence electrons. The van der Waals surface area contributed by atoms with E-state index < -0.39 is 12.1 Å². The molecule has 0 unspecified atom stereocenters. The smallest absolute Gasteiger partial charge is 0.475 e. The molecule has 9 nitrogen and oxygen atoms in total. The Morgan fingerprint density at radius 3 is 2.56 bits per heavy atom. The van der Waals surface area contributed by atoms with E-state index in [4.69, 9.17) is 21.5 Å². The van der Waals surface area contributed by atoms with Crippen LogP contribution in [0.3, 0.4) is 0 Å². The van der Waals surface area contributed by atoms with Crippen molar-refractivity contribution in [2.24, 2.45) is 4.99 Å². The number of rotatable bonds is 4. The molecule has 2 heterocycles. The Labute approximate surface area is 229 Å². The van der Waals surface area contributed by atoms with Crippen LogP contribution in [0.1, 0.15) is 19.4 Å². The fourth-order valence-electron chi connectivity index (χ4n) is 3.03. The number of aliphatic carboxylic acids is 1. The summed E-state index contributed by atoms with van der Waals surface area (Å²) < 4.78 is 31.7. The lowest BCUT2D eigenvalue weighted by Gasteiger charge is -2.11. The molecule has 1 fully saturated rings. The standard InChI is InChI=1S/C23H20ClN5O2S.C2HF3O2/c1-13(2)26-22(31)27-16-6-7-17(24)19(12-16)28-23-29-21(30)20(32-23)11-14-5-8-18-15(10-14)4-3-9-25-18;3-2(4,5)1(6)7/h3-13H,1-2H3,(H2,26,27,31)(H,28,29,30);(H,6,7). The Hall–Kier alpha value is -4.10. The zero-order valence-corrected chi connectivity index (χ0v) is 21.9. The summed E-state index contributed by atoms with van der Waals surface area (Å²) in [4.78, 5) is 42.6. The number of carboxylic acid groups (broad SMARTS) is 1. The molecular weight excluding hydrogens is 559 g/mol. The van der Waals surface area contributed by atoms with E-state index in [-0.39, 0.29) is 18.0 Å². The maximum Gasteiger partial charge on any atom is 0.490 e. The van der Waals surface area contributed by atoms with E-state index >= 15 is 0 Å². The van der Waals surface area contributed by atoms with Gasteiger partial charge in [0.25, 0.3) is 5.91 Å². The third kappa shape index (κ3) is 8.72. The van der Waals surface area contributed by atoms with Crippen LogP contribution < -0.4 is 16.0 Å². The van der Waals surface area contributed by atoms with E-state index in [1.807, 2.05) is 50.3 Å². The molecular formula is C25H21ClF3N5O4S. The van der Waals surface area contributed by atoms with Gasteiger partial charge in [0.15, 0.2) is 5.17 Å². The lowest BCUT2D eigenvalue weighted by molar-refractivity contribution is -0.192. The van der Waals surface area contributed by atoms with Crippen LogP contribution in [0.15, 0.2) is 64.6 Å². The zero-order chi connectivity index (χ0) is 28.7. The number of nitrogens with one attached hydrogen (secondary N) is 3. The highest BCUT2D eigenvalue weighted by molar-refractivity contribution is 8.18. The normalized spacial score (nSPS) is 15.2. The van der Waals surface area contributed by atoms with Gasteiger partial charge in [-0.25, -0.2) is 14.6 Å². The number of urea groups is 1. The van der Waals surface area contributed by atoms with Crippen molar-refractivity contribution in [1.82, 2.24) is 15.6 Å². The topological polar surface area (TPSA) is 133 Å². The van der Waals surface area contributed by atoms with Gasteiger partial charge in [-0.3, -0.25) is 9.78 Å². The van der Waals surface area contributed by atoms with Crippen molar-refractivity contribution in [2.75, 3.05) is 5.32 Å². The molecule has 39 heavy (non-hydrogen) atoms. The summed E-state index contributed by atoms with van der Waals surface area (Å²) >= 11 is 7.50. The van der Waals surface area contributed by atoms with Gasteiger partial charge in [0, 0.05) is 23.3 Å². The van der Waals surface area contributed by atoms with Crippen molar-refractivity contribution >= 4 is 74.8 Å². The highest BCUT2D eigenvalue weighted by Crippen LogP contribution is 2.33. The number of hydrogen-bond donors (Lipinski definition) is 4. The number of benzene rings is 2. The van der Waals surface area contributed by atoms with Crippen molar-refractivity contribution in [3.8, 4) is 0 Å². The SMILES string of the molecule is CC(C)NC(=O)Nc1ccc(Cl)c(N=C2NC(=O)C(=Cc3ccc4ncccc4c3)S2)c1.O=C(O)C(F)(F)F. The van der Waals surface area contributed by atoms with E-state index in [9.17, 15) is 22.8 Å². The second-order valence-corrected chi connectivity index (χ2v) is 9.60. The number of nitrogens with zero attached hydrogens (tertiary/aromatic N) is 2. The lowest BCUT2D eigenvalue weighted by Crippen LogP contribution is -2.34. The number of fused-ring (bicyclic) bond motifs is 1. The predicted molar refractivity (Wildman–Crippen MR) is 145 cm³/mol. The van der Waals surface area contributed by atoms with Crippen LogP contribution in [0.2, 0.25) is 5.02 Å². The molecule has 0 bridgehead atoms. The van der Waals surface area contributed by atoms with Crippen LogP contribution in [0.5, 0.6) is 0 Å². The predicted octanol–water partition coefficient (Wildman–Crippen LogP) is 5.94. The third-order valence-corrected chi connectivity index (χ3v) is 5.89. The summed E-state index contributed by atoms with van der Waals surface area (Å²) in [6.07, 6.45) is -1.53. The molecule has 1 aliphatic rings. The minimum atomic E-state index is -5.08. The zero-order valence-electron chi connectivity index (χ0n) is 20.3. The second kappa shape index (κ2) is 12.6. The molecule has 14 heteroatoms. The van der Waals surface area contributed by atoms with Gasteiger partial charge in [-0.15, -0.1) is 0 Å². The molecule has 1 aromatic heterocycles. The van der Waals surface area contributed by atoms with Crippen LogP contribution in [-0.4, -0.2) is 45.4 Å². The van der Waals surface area contributed by atoms with Crippen molar-refractivity contribution in [3.63, 3.8) is 0 Å². The van der Waals surface area contributed by atoms with Crippen LogP contribution in [0, 0.1) is 0 Å². The Balaban J connectivity index is 0.000000532. The Morgan fingerprint density at radius 1 is 1.18 bits per heavy atom. The summed E-state index contributed by atoms with van der Waals surface area (Å²) in [6.45, 7) is 3.75. The molecule has 0 spiro atoms. The molecule has 3 amide bonds. The molecule has 3 aromatic rings. The van der Waals surface area contributed by atoms with E-state index in [1.165, 1.54) is 11.8 Å². The van der Waals surface area contributed by atoms with Crippen LogP contribution >= 0.6 is 23.4 Å². The van der Waals surface area contributed by atoms with E-state index in [2.05, 4.69) is 25.9 Å². The molecule has 0 aliphatic carbocycles. The van der Waals surface area contributed by atoms with Crippen molar-refractivity contribution in [2.45, 2.75) is 26.1 Å². The summed E-state index contributed by atoms with van der Waals surface area (Å²) in [7, 11) is 0. The average molecular weight is 580 g/mol. The summed E-state index contributed by atoms with van der Waals surface area (Å²) in [5.41, 5.74) is 2.77. The van der Waals surface area contributed by atoms with Gasteiger partial charge in [-0.2, -0.15) is 13.2 Å². The van der Waals surface area contributed by atoms with Gasteiger partial charge in [0.2, 0.25) is 0 Å². The molecule has 0 saturated carbocycles. The number of amides is 3. The molecule has 1 saturated heterocycles. The Bertz CT molecular complexity index is 1480. The number of carboxylic acids is 1. The molecule has 0 atom stereocenters. The number of carbonyl (C=O) groups excluding carboxylic acids is 2. The van der Waals surface area contributed by atoms with Gasteiger partial charge >= 0.3 is 18.2 Å². The Morgan fingerprint density at radius 2 is 1.90 bits per heavy atom. The van der Waals surface area contributed by atoms with Crippen LogP contribution in [0.25, 0.3) is 17.0 Å². The minimum Gasteiger partial charge on any atom is -0.475 e. The second-order valence-electron chi connectivity index (χ2n) is 8.16. The number of carbonyl (C=O) groups is 3. The molecule has 2 aromatic carbocycles. The highest BCUT2D eigenvalue weighted by Gasteiger charge is 2.38. The van der Waals surface area contributed by atoms with Crippen LogP contribution in [0.4, 0.5) is 29.3 Å². The van der Waals surface area contributed by atoms with Gasteiger partial charge in [0.05, 0.1) is 21.1 Å². The summed E-state index contributed by atoms with van der Waals surface area (Å²) in [5.74, 6) is -2.99. The summed E-state index contributed by atoms with van der Waals surface area (Å²) in [5, 5.41) is 17.2. The number of aromatic nitrogens is 1. The number of halogens is 4. The van der Waals surface area contributed by atoms with Gasteiger partial charge in [0.1, 0.15) is 0 Å². The highest BCUT2D eigenvalue weighted by atomic mass is 35.5. The van der Waals surface area contributed by atoms with Gasteiger partial charge < -0.3 is 21.1 Å². The van der Waals surface area contributed by atoms with E-state index in [0.29, 0.717) is 26.5 Å². The number of hydrogen-bond acceptors (Lipinski definition) is 6. The number of anilines is 1. The molecule has 0 radical (unpaired) electrons. The van der Waals surface area contributed by atoms with Gasteiger partial charge in [-0.1, -0.05) is 23.7 Å². The first-order chi connectivity index (χ1) is 18.3. The molecule has 1 aliphatic heterocycles. The average Bonchev–Trinajstić information content (AvgIpc) is 3.18. The van der Waals surface area contributed by atoms with Crippen molar-refractivity contribution in [3.05, 3.63) is 70.2 Å². The molecule has 4 N–H and O–H groups in total. The quantitative estimate of drug-likeness (QED) is 0.283. The molecule has 4 rings (SSSR count). The maximum atomic E-state index is 12.5. The van der Waals surface area contributed by atoms with Crippen molar-refractivity contribution < 1.29 is 32.7 Å². The summed E-state index contributed by atoms with van der Waals surface area (Å²) in [6, 6.07) is 14.3. The number of aliphatic imine (C=N–C) groups is 1. The number of amidine groups is 1. The first-order valence-electron chi connectivity index (χ1n) is 11.1. The number of pyridine rings is 1. The minimum absolute atomic E-state index is 0.0104. The number of thioether (sulfide) groups is 1. The van der Waals surface area contributed by atoms with Crippen molar-refractivity contribution in [1.29, 1.82) is 0 Å². The third-order valence-electron chi connectivity index (χ3n) is 4.66. The fraction of sp³-hybridized carbons (Fsp3) is 0.160. The first-order valence-corrected chi connectivity index (χ1v) is 12.3.